The molecule has 0 spiro atoms. The van der Waals surface area contributed by atoms with Gasteiger partial charge in [0.1, 0.15) is 11.6 Å². The minimum absolute atomic E-state index is 0.0360. The van der Waals surface area contributed by atoms with E-state index in [1.54, 1.807) is 0 Å². The molecule has 5 nitrogen and oxygen atoms in total. The molecule has 0 radical (unpaired) electrons. The molecule has 0 unspecified atom stereocenters. The number of aromatic nitrogens is 2. The van der Waals surface area contributed by atoms with Gasteiger partial charge in [-0.1, -0.05) is 36.4 Å². The lowest BCUT2D eigenvalue weighted by atomic mass is 10.2. The predicted molar refractivity (Wildman–Crippen MR) is 109 cm³/mol. The van der Waals surface area contributed by atoms with Crippen molar-refractivity contribution in [2.75, 3.05) is 11.9 Å². The molecular formula is C21H21N3O2S. The second kappa shape index (κ2) is 7.48. The Morgan fingerprint density at radius 1 is 1.11 bits per heavy atom. The fourth-order valence-electron chi connectivity index (χ4n) is 3.15. The Morgan fingerprint density at radius 3 is 2.63 bits per heavy atom. The Kier molecular flexibility index (Phi) is 4.90. The third kappa shape index (κ3) is 3.57. The number of anilines is 1. The summed E-state index contributed by atoms with van der Waals surface area (Å²) in [7, 11) is 0. The maximum atomic E-state index is 12.6. The summed E-state index contributed by atoms with van der Waals surface area (Å²) in [4.78, 5) is 12.6. The van der Waals surface area contributed by atoms with Gasteiger partial charge in [-0.15, -0.1) is 0 Å². The normalized spacial score (nSPS) is 12.7. The number of aryl methyl sites for hydroxylation is 2. The number of nitrogens with zero attached hydrogens (tertiary/aromatic N) is 2. The Balaban J connectivity index is 1.57. The van der Waals surface area contributed by atoms with E-state index in [2.05, 4.69) is 5.32 Å². The topological polar surface area (TPSA) is 56.1 Å². The SMILES string of the molecule is Cc1ccccc1OCC(=O)Nc1c2c(nn1-c1ccccc1C)CSC2. The number of para-hydroxylation sites is 2. The van der Waals surface area contributed by atoms with Crippen LogP contribution >= 0.6 is 11.8 Å². The van der Waals surface area contributed by atoms with Crippen LogP contribution in [-0.2, 0) is 16.3 Å². The van der Waals surface area contributed by atoms with Crippen LogP contribution in [0.5, 0.6) is 5.75 Å². The zero-order valence-electron chi connectivity index (χ0n) is 15.4. The van der Waals surface area contributed by atoms with Crippen molar-refractivity contribution in [3.8, 4) is 11.4 Å². The van der Waals surface area contributed by atoms with Gasteiger partial charge in [0.25, 0.3) is 5.91 Å². The monoisotopic (exact) mass is 379 g/mol. The fraction of sp³-hybridized carbons (Fsp3) is 0.238. The maximum Gasteiger partial charge on any atom is 0.263 e. The van der Waals surface area contributed by atoms with E-state index < -0.39 is 0 Å². The standard InChI is InChI=1S/C21H21N3O2S/c1-14-7-3-5-9-18(14)24-21(16-12-27-13-17(16)23-24)22-20(25)11-26-19-10-6-4-8-15(19)2/h3-10H,11-13H2,1-2H3,(H,22,25). The van der Waals surface area contributed by atoms with Crippen molar-refractivity contribution < 1.29 is 9.53 Å². The number of benzene rings is 2. The summed E-state index contributed by atoms with van der Waals surface area (Å²) in [6.07, 6.45) is 0. The first kappa shape index (κ1) is 17.7. The van der Waals surface area contributed by atoms with E-state index in [-0.39, 0.29) is 12.5 Å². The lowest BCUT2D eigenvalue weighted by molar-refractivity contribution is -0.118. The highest BCUT2D eigenvalue weighted by Gasteiger charge is 2.25. The fourth-order valence-corrected chi connectivity index (χ4v) is 4.18. The third-order valence-electron chi connectivity index (χ3n) is 4.61. The molecule has 0 saturated carbocycles. The number of thioether (sulfide) groups is 1. The van der Waals surface area contributed by atoms with E-state index in [1.807, 2.05) is 78.8 Å². The van der Waals surface area contributed by atoms with Gasteiger partial charge in [0.2, 0.25) is 0 Å². The lowest BCUT2D eigenvalue weighted by Gasteiger charge is -2.13. The van der Waals surface area contributed by atoms with E-state index in [1.165, 1.54) is 0 Å². The molecule has 0 bridgehead atoms. The van der Waals surface area contributed by atoms with E-state index in [9.17, 15) is 4.79 Å². The zero-order valence-corrected chi connectivity index (χ0v) is 16.2. The first-order valence-electron chi connectivity index (χ1n) is 8.86. The van der Waals surface area contributed by atoms with Crippen molar-refractivity contribution >= 4 is 23.5 Å². The maximum absolute atomic E-state index is 12.6. The summed E-state index contributed by atoms with van der Waals surface area (Å²) in [5.74, 6) is 3.02. The first-order chi connectivity index (χ1) is 13.1. The number of carbonyl (C=O) groups is 1. The molecule has 0 aliphatic carbocycles. The summed E-state index contributed by atoms with van der Waals surface area (Å²) in [6.45, 7) is 3.97. The molecule has 27 heavy (non-hydrogen) atoms. The van der Waals surface area contributed by atoms with Crippen molar-refractivity contribution in [2.24, 2.45) is 0 Å². The Hall–Kier alpha value is -2.73. The minimum Gasteiger partial charge on any atom is -0.483 e. The molecule has 0 saturated heterocycles. The van der Waals surface area contributed by atoms with Gasteiger partial charge in [-0.25, -0.2) is 4.68 Å². The van der Waals surface area contributed by atoms with E-state index in [0.29, 0.717) is 0 Å². The molecule has 2 heterocycles. The molecule has 1 aliphatic heterocycles. The minimum atomic E-state index is -0.187. The first-order valence-corrected chi connectivity index (χ1v) is 10.0. The Bertz CT molecular complexity index is 997. The van der Waals surface area contributed by atoms with Crippen molar-refractivity contribution in [1.82, 2.24) is 9.78 Å². The van der Waals surface area contributed by atoms with Crippen molar-refractivity contribution in [3.63, 3.8) is 0 Å². The zero-order chi connectivity index (χ0) is 18.8. The molecule has 0 atom stereocenters. The molecule has 6 heteroatoms. The van der Waals surface area contributed by atoms with Gasteiger partial charge in [-0.2, -0.15) is 16.9 Å². The summed E-state index contributed by atoms with van der Waals surface area (Å²) in [5.41, 5.74) is 5.24. The van der Waals surface area contributed by atoms with Gasteiger partial charge in [0.05, 0.1) is 11.4 Å². The number of hydrogen-bond acceptors (Lipinski definition) is 4. The molecular weight excluding hydrogens is 358 g/mol. The van der Waals surface area contributed by atoms with Gasteiger partial charge in [-0.05, 0) is 37.1 Å². The smallest absolute Gasteiger partial charge is 0.263 e. The van der Waals surface area contributed by atoms with Crippen LogP contribution in [0.3, 0.4) is 0 Å². The van der Waals surface area contributed by atoms with E-state index in [0.717, 1.165) is 51.1 Å². The highest BCUT2D eigenvalue weighted by Crippen LogP contribution is 2.36. The second-order valence-corrected chi connectivity index (χ2v) is 7.55. The van der Waals surface area contributed by atoms with Crippen molar-refractivity contribution in [1.29, 1.82) is 0 Å². The molecule has 1 aromatic heterocycles. The quantitative estimate of drug-likeness (QED) is 0.720. The van der Waals surface area contributed by atoms with Gasteiger partial charge in [0, 0.05) is 17.1 Å². The van der Waals surface area contributed by atoms with Gasteiger partial charge >= 0.3 is 0 Å². The average Bonchev–Trinajstić information content (AvgIpc) is 3.24. The lowest BCUT2D eigenvalue weighted by Crippen LogP contribution is -2.23. The van der Waals surface area contributed by atoms with E-state index >= 15 is 0 Å². The van der Waals surface area contributed by atoms with Crippen LogP contribution in [-0.4, -0.2) is 22.3 Å². The third-order valence-corrected chi connectivity index (χ3v) is 5.58. The molecule has 0 fully saturated rings. The molecule has 2 aromatic carbocycles. The second-order valence-electron chi connectivity index (χ2n) is 6.57. The molecule has 3 aromatic rings. The molecule has 1 amide bonds. The molecule has 1 N–H and O–H groups in total. The number of fused-ring (bicyclic) bond motifs is 1. The molecule has 4 rings (SSSR count). The van der Waals surface area contributed by atoms with Crippen LogP contribution in [0.25, 0.3) is 5.69 Å². The van der Waals surface area contributed by atoms with Gasteiger partial charge in [0.15, 0.2) is 6.61 Å². The van der Waals surface area contributed by atoms with Crippen molar-refractivity contribution in [2.45, 2.75) is 25.4 Å². The van der Waals surface area contributed by atoms with Crippen LogP contribution in [0.4, 0.5) is 5.82 Å². The Morgan fingerprint density at radius 2 is 1.85 bits per heavy atom. The van der Waals surface area contributed by atoms with Crippen LogP contribution < -0.4 is 10.1 Å². The molecule has 138 valence electrons. The van der Waals surface area contributed by atoms with Crippen molar-refractivity contribution in [3.05, 3.63) is 70.9 Å². The van der Waals surface area contributed by atoms with Gasteiger partial charge < -0.3 is 10.1 Å². The van der Waals surface area contributed by atoms with Gasteiger partial charge in [-0.3, -0.25) is 4.79 Å². The van der Waals surface area contributed by atoms with Crippen LogP contribution in [0.15, 0.2) is 48.5 Å². The molecule has 1 aliphatic rings. The summed E-state index contributed by atoms with van der Waals surface area (Å²) in [6, 6.07) is 15.7. The predicted octanol–water partition coefficient (Wildman–Crippen LogP) is 4.25. The van der Waals surface area contributed by atoms with Crippen LogP contribution in [0.1, 0.15) is 22.4 Å². The summed E-state index contributed by atoms with van der Waals surface area (Å²) < 4.78 is 7.54. The number of hydrogen-bond donors (Lipinski definition) is 1. The summed E-state index contributed by atoms with van der Waals surface area (Å²) >= 11 is 1.81. The number of rotatable bonds is 5. The van der Waals surface area contributed by atoms with Crippen LogP contribution in [0.2, 0.25) is 0 Å². The highest BCUT2D eigenvalue weighted by atomic mass is 32.2. The largest absolute Gasteiger partial charge is 0.483 e. The number of amides is 1. The number of nitrogens with one attached hydrogen (secondary N) is 1. The highest BCUT2D eigenvalue weighted by molar-refractivity contribution is 7.98. The van der Waals surface area contributed by atoms with E-state index in [4.69, 9.17) is 9.84 Å². The Labute approximate surface area is 162 Å². The van der Waals surface area contributed by atoms with Crippen LogP contribution in [0, 0.1) is 13.8 Å². The number of carbonyl (C=O) groups excluding carboxylic acids is 1. The summed E-state index contributed by atoms with van der Waals surface area (Å²) in [5, 5.41) is 7.78. The number of ether oxygens (including phenoxy) is 1. The average molecular weight is 379 g/mol.